The molecule has 21 heavy (non-hydrogen) atoms. The van der Waals surface area contributed by atoms with Crippen LogP contribution in [-0.4, -0.2) is 24.7 Å². The van der Waals surface area contributed by atoms with Gasteiger partial charge in [0.05, 0.1) is 5.69 Å². The van der Waals surface area contributed by atoms with E-state index in [2.05, 4.69) is 22.9 Å². The molecule has 1 aliphatic heterocycles. The molecule has 1 fully saturated rings. The third-order valence-electron chi connectivity index (χ3n) is 4.13. The van der Waals surface area contributed by atoms with Gasteiger partial charge >= 0.3 is 6.03 Å². The molecule has 1 unspecified atom stereocenters. The Morgan fingerprint density at radius 2 is 2.05 bits per heavy atom. The molecule has 2 aromatic rings. The van der Waals surface area contributed by atoms with E-state index in [9.17, 15) is 4.79 Å². The third-order valence-corrected chi connectivity index (χ3v) is 4.13. The average molecular weight is 283 g/mol. The number of carbonyl (C=O) groups excluding carboxylic acids is 1. The second-order valence-corrected chi connectivity index (χ2v) is 5.93. The number of benzene rings is 2. The topological polar surface area (TPSA) is 53.2 Å². The van der Waals surface area contributed by atoms with Crippen LogP contribution < -0.4 is 16.0 Å². The lowest BCUT2D eigenvalue weighted by Crippen LogP contribution is -2.48. The summed E-state index contributed by atoms with van der Waals surface area (Å²) in [6, 6.07) is 13.8. The highest BCUT2D eigenvalue weighted by molar-refractivity contribution is 6.01. The van der Waals surface area contributed by atoms with Gasteiger partial charge in [-0.15, -0.1) is 0 Å². The number of carbonyl (C=O) groups is 1. The summed E-state index contributed by atoms with van der Waals surface area (Å²) in [7, 11) is 0. The molecule has 0 saturated carbocycles. The SMILES string of the molecule is CC1(CNC(=O)Nc2cccc3ccccc23)CCCN1. The summed E-state index contributed by atoms with van der Waals surface area (Å²) in [5, 5.41) is 11.5. The fourth-order valence-corrected chi connectivity index (χ4v) is 2.88. The summed E-state index contributed by atoms with van der Waals surface area (Å²) in [5.41, 5.74) is 0.867. The third kappa shape index (κ3) is 3.16. The number of amides is 2. The fourth-order valence-electron chi connectivity index (χ4n) is 2.88. The summed E-state index contributed by atoms with van der Waals surface area (Å²) >= 11 is 0. The normalized spacial score (nSPS) is 21.4. The first-order valence-corrected chi connectivity index (χ1v) is 7.44. The first kappa shape index (κ1) is 13.9. The molecular formula is C17H21N3O. The first-order chi connectivity index (χ1) is 10.2. The van der Waals surface area contributed by atoms with Crippen molar-refractivity contribution in [2.24, 2.45) is 0 Å². The molecule has 4 nitrogen and oxygen atoms in total. The molecule has 2 amide bonds. The number of urea groups is 1. The van der Waals surface area contributed by atoms with Gasteiger partial charge in [0.2, 0.25) is 0 Å². The molecule has 0 aromatic heterocycles. The van der Waals surface area contributed by atoms with Crippen molar-refractivity contribution in [1.82, 2.24) is 10.6 Å². The predicted molar refractivity (Wildman–Crippen MR) is 86.6 cm³/mol. The summed E-state index contributed by atoms with van der Waals surface area (Å²) < 4.78 is 0. The summed E-state index contributed by atoms with van der Waals surface area (Å²) in [4.78, 5) is 12.1. The number of hydrogen-bond acceptors (Lipinski definition) is 2. The van der Waals surface area contributed by atoms with E-state index in [1.807, 2.05) is 42.5 Å². The van der Waals surface area contributed by atoms with Crippen LogP contribution in [0.1, 0.15) is 19.8 Å². The Balaban J connectivity index is 1.66. The largest absolute Gasteiger partial charge is 0.336 e. The Bertz CT molecular complexity index is 642. The van der Waals surface area contributed by atoms with Crippen LogP contribution in [0.2, 0.25) is 0 Å². The van der Waals surface area contributed by atoms with E-state index in [-0.39, 0.29) is 11.6 Å². The monoisotopic (exact) mass is 283 g/mol. The maximum atomic E-state index is 12.1. The molecule has 2 aromatic carbocycles. The summed E-state index contributed by atoms with van der Waals surface area (Å²) in [6.07, 6.45) is 2.27. The fraction of sp³-hybridized carbons (Fsp3) is 0.353. The predicted octanol–water partition coefficient (Wildman–Crippen LogP) is 3.10. The van der Waals surface area contributed by atoms with Crippen molar-refractivity contribution in [2.75, 3.05) is 18.4 Å². The van der Waals surface area contributed by atoms with Crippen molar-refractivity contribution in [3.8, 4) is 0 Å². The highest BCUT2D eigenvalue weighted by Gasteiger charge is 2.28. The van der Waals surface area contributed by atoms with Crippen LogP contribution >= 0.6 is 0 Å². The van der Waals surface area contributed by atoms with Crippen LogP contribution in [0.3, 0.4) is 0 Å². The summed E-state index contributed by atoms with van der Waals surface area (Å²) in [6.45, 7) is 3.82. The number of fused-ring (bicyclic) bond motifs is 1. The van der Waals surface area contributed by atoms with Crippen LogP contribution in [0.25, 0.3) is 10.8 Å². The Morgan fingerprint density at radius 1 is 1.24 bits per heavy atom. The van der Waals surface area contributed by atoms with E-state index in [0.29, 0.717) is 6.54 Å². The molecule has 0 spiro atoms. The van der Waals surface area contributed by atoms with Gasteiger partial charge in [-0.1, -0.05) is 36.4 Å². The minimum absolute atomic E-state index is 0.0239. The van der Waals surface area contributed by atoms with E-state index in [1.165, 1.54) is 6.42 Å². The molecule has 4 heteroatoms. The Kier molecular flexibility index (Phi) is 3.80. The maximum absolute atomic E-state index is 12.1. The molecule has 0 aliphatic carbocycles. The number of anilines is 1. The molecule has 0 bridgehead atoms. The van der Waals surface area contributed by atoms with Crippen molar-refractivity contribution in [3.05, 3.63) is 42.5 Å². The number of rotatable bonds is 3. The second-order valence-electron chi connectivity index (χ2n) is 5.93. The maximum Gasteiger partial charge on any atom is 0.319 e. The molecule has 1 heterocycles. The average Bonchev–Trinajstić information content (AvgIpc) is 2.93. The van der Waals surface area contributed by atoms with Gasteiger partial charge < -0.3 is 16.0 Å². The van der Waals surface area contributed by atoms with Crippen LogP contribution in [-0.2, 0) is 0 Å². The summed E-state index contributed by atoms with van der Waals surface area (Å²) in [5.74, 6) is 0. The number of nitrogens with one attached hydrogen (secondary N) is 3. The van der Waals surface area contributed by atoms with Crippen LogP contribution in [0.5, 0.6) is 0 Å². The van der Waals surface area contributed by atoms with Crippen molar-refractivity contribution >= 4 is 22.5 Å². The zero-order valence-electron chi connectivity index (χ0n) is 12.3. The zero-order chi connectivity index (χ0) is 14.7. The molecule has 1 aliphatic rings. The highest BCUT2D eigenvalue weighted by Crippen LogP contribution is 2.23. The Morgan fingerprint density at radius 3 is 2.86 bits per heavy atom. The molecule has 3 N–H and O–H groups in total. The van der Waals surface area contributed by atoms with E-state index in [1.54, 1.807) is 0 Å². The van der Waals surface area contributed by atoms with Crippen molar-refractivity contribution in [3.63, 3.8) is 0 Å². The lowest BCUT2D eigenvalue weighted by molar-refractivity contribution is 0.248. The Labute approximate surface area is 124 Å². The zero-order valence-corrected chi connectivity index (χ0v) is 12.3. The van der Waals surface area contributed by atoms with Gasteiger partial charge in [0.25, 0.3) is 0 Å². The van der Waals surface area contributed by atoms with Crippen LogP contribution in [0, 0.1) is 0 Å². The lowest BCUT2D eigenvalue weighted by Gasteiger charge is -2.24. The highest BCUT2D eigenvalue weighted by atomic mass is 16.2. The van der Waals surface area contributed by atoms with E-state index < -0.39 is 0 Å². The van der Waals surface area contributed by atoms with Gasteiger partial charge in [0, 0.05) is 17.5 Å². The van der Waals surface area contributed by atoms with Crippen molar-refractivity contribution in [2.45, 2.75) is 25.3 Å². The van der Waals surface area contributed by atoms with Crippen molar-refractivity contribution < 1.29 is 4.79 Å². The van der Waals surface area contributed by atoms with Gasteiger partial charge in [-0.2, -0.15) is 0 Å². The molecule has 0 radical (unpaired) electrons. The van der Waals surface area contributed by atoms with Crippen LogP contribution in [0.4, 0.5) is 10.5 Å². The van der Waals surface area contributed by atoms with Crippen molar-refractivity contribution in [1.29, 1.82) is 0 Å². The standard InChI is InChI=1S/C17H21N3O/c1-17(10-5-11-19-17)12-18-16(21)20-15-9-4-7-13-6-2-3-8-14(13)15/h2-4,6-9,19H,5,10-12H2,1H3,(H2,18,20,21). The number of hydrogen-bond donors (Lipinski definition) is 3. The molecule has 1 atom stereocenters. The molecule has 110 valence electrons. The van der Waals surface area contributed by atoms with Crippen LogP contribution in [0.15, 0.2) is 42.5 Å². The smallest absolute Gasteiger partial charge is 0.319 e. The molecular weight excluding hydrogens is 262 g/mol. The van der Waals surface area contributed by atoms with Gasteiger partial charge in [-0.25, -0.2) is 4.79 Å². The molecule has 1 saturated heterocycles. The lowest BCUT2D eigenvalue weighted by atomic mass is 10.0. The van der Waals surface area contributed by atoms with Gasteiger partial charge in [0.15, 0.2) is 0 Å². The molecule has 3 rings (SSSR count). The Hall–Kier alpha value is -2.07. The van der Waals surface area contributed by atoms with Gasteiger partial charge in [-0.05, 0) is 37.8 Å². The van der Waals surface area contributed by atoms with E-state index in [0.717, 1.165) is 29.4 Å². The minimum Gasteiger partial charge on any atom is -0.336 e. The minimum atomic E-state index is -0.152. The van der Waals surface area contributed by atoms with E-state index in [4.69, 9.17) is 0 Å². The van der Waals surface area contributed by atoms with E-state index >= 15 is 0 Å². The second kappa shape index (κ2) is 5.74. The van der Waals surface area contributed by atoms with Gasteiger partial charge in [-0.3, -0.25) is 0 Å². The van der Waals surface area contributed by atoms with Gasteiger partial charge in [0.1, 0.15) is 0 Å². The quantitative estimate of drug-likeness (QED) is 0.810. The first-order valence-electron chi connectivity index (χ1n) is 7.44.